The van der Waals surface area contributed by atoms with E-state index in [9.17, 15) is 15.0 Å². The second-order valence-electron chi connectivity index (χ2n) is 5.23. The number of aliphatic hydroxyl groups is 2. The van der Waals surface area contributed by atoms with E-state index in [4.69, 9.17) is 0 Å². The first-order chi connectivity index (χ1) is 8.66. The van der Waals surface area contributed by atoms with Crippen molar-refractivity contribution in [2.45, 2.75) is 31.1 Å². The summed E-state index contributed by atoms with van der Waals surface area (Å²) >= 11 is 0. The largest absolute Gasteiger partial charge is 0.391 e. The van der Waals surface area contributed by atoms with E-state index in [0.717, 1.165) is 5.56 Å². The van der Waals surface area contributed by atoms with Crippen LogP contribution in [0.25, 0.3) is 0 Å². The molecule has 96 valence electrons. The molecule has 2 N–H and O–H groups in total. The van der Waals surface area contributed by atoms with Crippen LogP contribution in [0.1, 0.15) is 12.0 Å². The van der Waals surface area contributed by atoms with Crippen molar-refractivity contribution in [3.63, 3.8) is 0 Å². The molecule has 2 fully saturated rings. The lowest BCUT2D eigenvalue weighted by molar-refractivity contribution is -0.131. The van der Waals surface area contributed by atoms with Gasteiger partial charge in [-0.25, -0.2) is 0 Å². The van der Waals surface area contributed by atoms with Gasteiger partial charge in [0.25, 0.3) is 0 Å². The van der Waals surface area contributed by atoms with Crippen LogP contribution in [-0.2, 0) is 11.2 Å². The molecule has 0 saturated carbocycles. The Kier molecular flexibility index (Phi) is 2.84. The van der Waals surface area contributed by atoms with Gasteiger partial charge in [0.15, 0.2) is 0 Å². The maximum absolute atomic E-state index is 12.2. The van der Waals surface area contributed by atoms with Gasteiger partial charge >= 0.3 is 0 Å². The number of amides is 1. The van der Waals surface area contributed by atoms with Gasteiger partial charge in [-0.1, -0.05) is 30.3 Å². The Morgan fingerprint density at radius 1 is 1.22 bits per heavy atom. The number of carbonyl (C=O) groups excluding carboxylic acids is 1. The first-order valence-electron chi connectivity index (χ1n) is 6.37. The summed E-state index contributed by atoms with van der Waals surface area (Å²) in [7, 11) is 0. The van der Waals surface area contributed by atoms with Gasteiger partial charge in [0.2, 0.25) is 5.91 Å². The third-order valence-electron chi connectivity index (χ3n) is 4.03. The Morgan fingerprint density at radius 2 is 1.94 bits per heavy atom. The molecule has 2 aliphatic rings. The third kappa shape index (κ3) is 1.82. The molecule has 0 radical (unpaired) electrons. The highest BCUT2D eigenvalue weighted by Crippen LogP contribution is 2.34. The molecular formula is C14H17NO3. The van der Waals surface area contributed by atoms with Crippen LogP contribution < -0.4 is 0 Å². The monoisotopic (exact) mass is 247 g/mol. The fourth-order valence-corrected chi connectivity index (χ4v) is 3.12. The molecule has 2 saturated heterocycles. The third-order valence-corrected chi connectivity index (χ3v) is 4.03. The lowest BCUT2D eigenvalue weighted by atomic mass is 9.92. The Labute approximate surface area is 106 Å². The summed E-state index contributed by atoms with van der Waals surface area (Å²) in [6.07, 6.45) is -0.0663. The standard InChI is InChI=1S/C14H17NO3/c16-10-7-12-13(17)11(14(18)15(12)8-10)6-9-4-2-1-3-5-9/h1-5,10-13,16-17H,6-8H2/t10-,11+,12-,13+/m1/s1. The highest BCUT2D eigenvalue weighted by molar-refractivity contribution is 5.83. The molecule has 4 nitrogen and oxygen atoms in total. The molecule has 4 atom stereocenters. The van der Waals surface area contributed by atoms with Crippen LogP contribution in [0, 0.1) is 5.92 Å². The average Bonchev–Trinajstić information content (AvgIpc) is 2.85. The van der Waals surface area contributed by atoms with Gasteiger partial charge in [0.05, 0.1) is 24.2 Å². The quantitative estimate of drug-likeness (QED) is 0.784. The summed E-state index contributed by atoms with van der Waals surface area (Å²) in [6, 6.07) is 9.56. The van der Waals surface area contributed by atoms with Crippen LogP contribution in [0.5, 0.6) is 0 Å². The van der Waals surface area contributed by atoms with Crippen molar-refractivity contribution < 1.29 is 15.0 Å². The number of nitrogens with zero attached hydrogens (tertiary/aromatic N) is 1. The normalized spacial score (nSPS) is 35.0. The second kappa shape index (κ2) is 4.37. The van der Waals surface area contributed by atoms with Crippen molar-refractivity contribution in [1.82, 2.24) is 4.90 Å². The van der Waals surface area contributed by atoms with Gasteiger partial charge in [-0.3, -0.25) is 4.79 Å². The van der Waals surface area contributed by atoms with Crippen molar-refractivity contribution in [2.75, 3.05) is 6.54 Å². The molecule has 0 aromatic heterocycles. The summed E-state index contributed by atoms with van der Waals surface area (Å²) in [5.74, 6) is -0.377. The van der Waals surface area contributed by atoms with E-state index in [-0.39, 0.29) is 17.9 Å². The van der Waals surface area contributed by atoms with Crippen molar-refractivity contribution in [3.05, 3.63) is 35.9 Å². The van der Waals surface area contributed by atoms with Gasteiger partial charge in [-0.15, -0.1) is 0 Å². The molecule has 0 aliphatic carbocycles. The summed E-state index contributed by atoms with van der Waals surface area (Å²) in [6.45, 7) is 0.367. The van der Waals surface area contributed by atoms with Crippen LogP contribution in [0.4, 0.5) is 0 Å². The Hall–Kier alpha value is -1.39. The van der Waals surface area contributed by atoms with Crippen LogP contribution in [-0.4, -0.2) is 45.8 Å². The maximum Gasteiger partial charge on any atom is 0.229 e. The van der Waals surface area contributed by atoms with E-state index >= 15 is 0 Å². The molecule has 1 aromatic rings. The topological polar surface area (TPSA) is 60.8 Å². The SMILES string of the molecule is O=C1[C@@H](Cc2ccccc2)[C@H](O)[C@H]2C[C@@H](O)CN12. The Morgan fingerprint density at radius 3 is 2.61 bits per heavy atom. The van der Waals surface area contributed by atoms with Crippen molar-refractivity contribution in [3.8, 4) is 0 Å². The fraction of sp³-hybridized carbons (Fsp3) is 0.500. The van der Waals surface area contributed by atoms with E-state index in [1.165, 1.54) is 0 Å². The van der Waals surface area contributed by atoms with Crippen LogP contribution in [0.3, 0.4) is 0 Å². The zero-order chi connectivity index (χ0) is 12.7. The molecular weight excluding hydrogens is 230 g/mol. The number of benzene rings is 1. The molecule has 1 aromatic carbocycles. The molecule has 0 unspecified atom stereocenters. The van der Waals surface area contributed by atoms with Crippen LogP contribution >= 0.6 is 0 Å². The molecule has 2 aliphatic heterocycles. The molecule has 1 amide bonds. The van der Waals surface area contributed by atoms with Crippen molar-refractivity contribution >= 4 is 5.91 Å². The zero-order valence-electron chi connectivity index (χ0n) is 10.1. The molecule has 3 rings (SSSR count). The minimum Gasteiger partial charge on any atom is -0.391 e. The Balaban J connectivity index is 1.77. The predicted octanol–water partition coefficient (Wildman–Crippen LogP) is 0.182. The van der Waals surface area contributed by atoms with Gasteiger partial charge in [-0.2, -0.15) is 0 Å². The van der Waals surface area contributed by atoms with Gasteiger partial charge in [0.1, 0.15) is 0 Å². The average molecular weight is 247 g/mol. The predicted molar refractivity (Wildman–Crippen MR) is 65.8 cm³/mol. The highest BCUT2D eigenvalue weighted by atomic mass is 16.3. The second-order valence-corrected chi connectivity index (χ2v) is 5.23. The van der Waals surface area contributed by atoms with E-state index in [1.54, 1.807) is 4.90 Å². The van der Waals surface area contributed by atoms with E-state index in [1.807, 2.05) is 30.3 Å². The first-order valence-corrected chi connectivity index (χ1v) is 6.37. The minimum atomic E-state index is -0.658. The number of hydrogen-bond acceptors (Lipinski definition) is 3. The van der Waals surface area contributed by atoms with Gasteiger partial charge in [-0.05, 0) is 18.4 Å². The lowest BCUT2D eigenvalue weighted by Gasteiger charge is -2.15. The Bertz CT molecular complexity index is 448. The highest BCUT2D eigenvalue weighted by Gasteiger charge is 2.51. The van der Waals surface area contributed by atoms with E-state index < -0.39 is 12.2 Å². The van der Waals surface area contributed by atoms with Crippen LogP contribution in [0.15, 0.2) is 30.3 Å². The number of carbonyl (C=O) groups is 1. The molecule has 0 bridgehead atoms. The smallest absolute Gasteiger partial charge is 0.229 e. The molecule has 18 heavy (non-hydrogen) atoms. The fourth-order valence-electron chi connectivity index (χ4n) is 3.12. The molecule has 0 spiro atoms. The lowest BCUT2D eigenvalue weighted by Crippen LogP contribution is -2.30. The van der Waals surface area contributed by atoms with E-state index in [0.29, 0.717) is 19.4 Å². The minimum absolute atomic E-state index is 0.0205. The van der Waals surface area contributed by atoms with Crippen LogP contribution in [0.2, 0.25) is 0 Å². The summed E-state index contributed by atoms with van der Waals surface area (Å²) < 4.78 is 0. The van der Waals surface area contributed by atoms with Crippen molar-refractivity contribution in [2.24, 2.45) is 5.92 Å². The number of fused-ring (bicyclic) bond motifs is 1. The first kappa shape index (κ1) is 11.7. The van der Waals surface area contributed by atoms with Crippen molar-refractivity contribution in [1.29, 1.82) is 0 Å². The molecule has 4 heteroatoms. The summed E-state index contributed by atoms with van der Waals surface area (Å²) in [5, 5.41) is 19.8. The summed E-state index contributed by atoms with van der Waals surface area (Å²) in [4.78, 5) is 13.8. The van der Waals surface area contributed by atoms with Gasteiger partial charge < -0.3 is 15.1 Å². The zero-order valence-corrected chi connectivity index (χ0v) is 10.1. The number of aliphatic hydroxyl groups excluding tert-OH is 2. The number of rotatable bonds is 2. The van der Waals surface area contributed by atoms with Gasteiger partial charge in [0, 0.05) is 6.54 Å². The number of hydrogen-bond donors (Lipinski definition) is 2. The van der Waals surface area contributed by atoms with E-state index in [2.05, 4.69) is 0 Å². The molecule has 2 heterocycles. The maximum atomic E-state index is 12.2. The summed E-state index contributed by atoms with van der Waals surface area (Å²) in [5.41, 5.74) is 1.07.